The zero-order valence-electron chi connectivity index (χ0n) is 20.7. The number of carbonyl (C=O) groups is 1. The summed E-state index contributed by atoms with van der Waals surface area (Å²) in [4.78, 5) is 16.4. The molecule has 0 aliphatic carbocycles. The fraction of sp³-hybridized carbons (Fsp3) is 0.172. The number of benzene rings is 3. The molecule has 0 saturated carbocycles. The quantitative estimate of drug-likeness (QED) is 0.193. The van der Waals surface area contributed by atoms with Gasteiger partial charge in [0.25, 0.3) is 0 Å². The molecule has 0 saturated heterocycles. The van der Waals surface area contributed by atoms with Gasteiger partial charge in [0.2, 0.25) is 10.0 Å². The van der Waals surface area contributed by atoms with Crippen LogP contribution < -0.4 is 0 Å². The SMILES string of the molecule is CCOC(=O)c1ccc(N=Cc2ccc(CN(Cc3ccccc3)S(=O)(=O)c3ccc(C)cc3)o2)cc1. The lowest BCUT2D eigenvalue weighted by Gasteiger charge is -2.21. The number of esters is 1. The highest BCUT2D eigenvalue weighted by atomic mass is 32.2. The van der Waals surface area contributed by atoms with E-state index in [4.69, 9.17) is 9.15 Å². The molecular weight excluding hydrogens is 488 g/mol. The smallest absolute Gasteiger partial charge is 0.338 e. The van der Waals surface area contributed by atoms with Crippen molar-refractivity contribution in [2.45, 2.75) is 31.8 Å². The van der Waals surface area contributed by atoms with Crippen LogP contribution in [0.25, 0.3) is 0 Å². The fourth-order valence-electron chi connectivity index (χ4n) is 3.63. The molecular formula is C29H28N2O5S. The molecule has 0 radical (unpaired) electrons. The monoisotopic (exact) mass is 516 g/mol. The highest BCUT2D eigenvalue weighted by molar-refractivity contribution is 7.89. The van der Waals surface area contributed by atoms with Crippen LogP contribution in [0.2, 0.25) is 0 Å². The van der Waals surface area contributed by atoms with Crippen molar-refractivity contribution in [2.24, 2.45) is 4.99 Å². The van der Waals surface area contributed by atoms with E-state index in [1.165, 1.54) is 4.31 Å². The molecule has 8 heteroatoms. The second-order valence-corrected chi connectivity index (χ2v) is 10.3. The molecule has 7 nitrogen and oxygen atoms in total. The van der Waals surface area contributed by atoms with Crippen LogP contribution in [0, 0.1) is 6.92 Å². The first kappa shape index (κ1) is 26.1. The summed E-state index contributed by atoms with van der Waals surface area (Å²) in [5.74, 6) is 0.594. The summed E-state index contributed by atoms with van der Waals surface area (Å²) in [6, 6.07) is 26.5. The fourth-order valence-corrected chi connectivity index (χ4v) is 5.03. The summed E-state index contributed by atoms with van der Waals surface area (Å²) in [5, 5.41) is 0. The second kappa shape index (κ2) is 11.8. The van der Waals surface area contributed by atoms with E-state index in [2.05, 4.69) is 4.99 Å². The van der Waals surface area contributed by atoms with Gasteiger partial charge in [0.15, 0.2) is 0 Å². The lowest BCUT2D eigenvalue weighted by Crippen LogP contribution is -2.30. The van der Waals surface area contributed by atoms with Gasteiger partial charge in [-0.05, 0) is 67.9 Å². The van der Waals surface area contributed by atoms with Crippen LogP contribution >= 0.6 is 0 Å². The topological polar surface area (TPSA) is 89.2 Å². The number of aryl methyl sites for hydroxylation is 1. The van der Waals surface area contributed by atoms with Crippen molar-refractivity contribution in [3.63, 3.8) is 0 Å². The van der Waals surface area contributed by atoms with Crippen molar-refractivity contribution in [1.29, 1.82) is 0 Å². The number of sulfonamides is 1. The van der Waals surface area contributed by atoms with Gasteiger partial charge < -0.3 is 9.15 Å². The maximum atomic E-state index is 13.5. The molecule has 37 heavy (non-hydrogen) atoms. The molecule has 0 spiro atoms. The van der Waals surface area contributed by atoms with Crippen molar-refractivity contribution in [1.82, 2.24) is 4.31 Å². The van der Waals surface area contributed by atoms with Gasteiger partial charge in [-0.1, -0.05) is 48.0 Å². The van der Waals surface area contributed by atoms with E-state index in [-0.39, 0.29) is 24.0 Å². The van der Waals surface area contributed by atoms with E-state index in [0.29, 0.717) is 29.4 Å². The standard InChI is InChI=1S/C29H28N2O5S/c1-3-35-29(32)24-11-13-25(14-12-24)30-19-26-15-16-27(36-26)21-31(20-23-7-5-4-6-8-23)37(33,34)28-17-9-22(2)10-18-28/h4-19H,3,20-21H2,1-2H3. The molecule has 0 unspecified atom stereocenters. The third-order valence-corrected chi connectivity index (χ3v) is 7.40. The van der Waals surface area contributed by atoms with Crippen molar-refractivity contribution in [2.75, 3.05) is 6.61 Å². The Labute approximate surface area is 217 Å². The van der Waals surface area contributed by atoms with Gasteiger partial charge in [0, 0.05) is 6.54 Å². The maximum Gasteiger partial charge on any atom is 0.338 e. The molecule has 0 amide bonds. The van der Waals surface area contributed by atoms with Gasteiger partial charge in [-0.25, -0.2) is 13.2 Å². The molecule has 4 rings (SSSR count). The van der Waals surface area contributed by atoms with Gasteiger partial charge in [0.05, 0.1) is 35.5 Å². The van der Waals surface area contributed by atoms with E-state index >= 15 is 0 Å². The van der Waals surface area contributed by atoms with Crippen LogP contribution in [-0.4, -0.2) is 31.5 Å². The largest absolute Gasteiger partial charge is 0.462 e. The van der Waals surface area contributed by atoms with Crippen molar-refractivity contribution in [3.8, 4) is 0 Å². The Kier molecular flexibility index (Phi) is 8.32. The molecule has 1 heterocycles. The Morgan fingerprint density at radius 2 is 1.62 bits per heavy atom. The molecule has 0 aliphatic heterocycles. The number of carbonyl (C=O) groups excluding carboxylic acids is 1. The van der Waals surface area contributed by atoms with Gasteiger partial charge in [-0.3, -0.25) is 4.99 Å². The predicted molar refractivity (Wildman–Crippen MR) is 142 cm³/mol. The van der Waals surface area contributed by atoms with E-state index in [1.54, 1.807) is 73.8 Å². The van der Waals surface area contributed by atoms with Gasteiger partial charge >= 0.3 is 5.97 Å². The Hall–Kier alpha value is -4.01. The molecule has 1 aromatic heterocycles. The summed E-state index contributed by atoms with van der Waals surface area (Å²) in [7, 11) is -3.77. The summed E-state index contributed by atoms with van der Waals surface area (Å²) in [6.45, 7) is 4.25. The Bertz CT molecular complexity index is 1460. The average molecular weight is 517 g/mol. The Balaban J connectivity index is 1.52. The molecule has 0 N–H and O–H groups in total. The van der Waals surface area contributed by atoms with Crippen molar-refractivity contribution in [3.05, 3.63) is 119 Å². The maximum absolute atomic E-state index is 13.5. The number of ether oxygens (including phenoxy) is 1. The Morgan fingerprint density at radius 3 is 2.30 bits per heavy atom. The number of nitrogens with zero attached hydrogens (tertiary/aromatic N) is 2. The first-order valence-electron chi connectivity index (χ1n) is 11.9. The summed E-state index contributed by atoms with van der Waals surface area (Å²) >= 11 is 0. The lowest BCUT2D eigenvalue weighted by molar-refractivity contribution is 0.0526. The molecule has 0 atom stereocenters. The highest BCUT2D eigenvalue weighted by Crippen LogP contribution is 2.23. The van der Waals surface area contributed by atoms with Crippen molar-refractivity contribution >= 4 is 27.9 Å². The second-order valence-electron chi connectivity index (χ2n) is 8.40. The van der Waals surface area contributed by atoms with E-state index in [0.717, 1.165) is 11.1 Å². The van der Waals surface area contributed by atoms with Crippen LogP contribution in [0.1, 0.15) is 39.9 Å². The van der Waals surface area contributed by atoms with Crippen LogP contribution in [0.3, 0.4) is 0 Å². The number of rotatable bonds is 10. The van der Waals surface area contributed by atoms with Crippen LogP contribution in [-0.2, 0) is 27.8 Å². The third kappa shape index (κ3) is 6.81. The number of hydrogen-bond donors (Lipinski definition) is 0. The first-order chi connectivity index (χ1) is 17.8. The normalized spacial score (nSPS) is 11.8. The van der Waals surface area contributed by atoms with Gasteiger partial charge in [0.1, 0.15) is 11.5 Å². The van der Waals surface area contributed by atoms with Crippen molar-refractivity contribution < 1.29 is 22.4 Å². The highest BCUT2D eigenvalue weighted by Gasteiger charge is 2.26. The zero-order valence-corrected chi connectivity index (χ0v) is 21.5. The molecule has 190 valence electrons. The van der Waals surface area contributed by atoms with Crippen LogP contribution in [0.4, 0.5) is 5.69 Å². The first-order valence-corrected chi connectivity index (χ1v) is 13.3. The number of aliphatic imine (C=N–C) groups is 1. The Morgan fingerprint density at radius 1 is 0.919 bits per heavy atom. The summed E-state index contributed by atoms with van der Waals surface area (Å²) in [5.41, 5.74) is 2.95. The van der Waals surface area contributed by atoms with Gasteiger partial charge in [-0.2, -0.15) is 4.31 Å². The van der Waals surface area contributed by atoms with E-state index in [9.17, 15) is 13.2 Å². The minimum absolute atomic E-state index is 0.0627. The van der Waals surface area contributed by atoms with Crippen LogP contribution in [0.15, 0.2) is 105 Å². The molecule has 4 aromatic rings. The van der Waals surface area contributed by atoms with E-state index < -0.39 is 10.0 Å². The summed E-state index contributed by atoms with van der Waals surface area (Å²) in [6.07, 6.45) is 1.55. The van der Waals surface area contributed by atoms with Gasteiger partial charge in [-0.15, -0.1) is 0 Å². The lowest BCUT2D eigenvalue weighted by atomic mass is 10.2. The number of furan rings is 1. The van der Waals surface area contributed by atoms with Crippen LogP contribution in [0.5, 0.6) is 0 Å². The zero-order chi connectivity index (χ0) is 26.3. The minimum atomic E-state index is -3.77. The average Bonchev–Trinajstić information content (AvgIpc) is 3.36. The number of hydrogen-bond acceptors (Lipinski definition) is 6. The van der Waals surface area contributed by atoms with E-state index in [1.807, 2.05) is 37.3 Å². The minimum Gasteiger partial charge on any atom is -0.462 e. The molecule has 0 aliphatic rings. The molecule has 0 bridgehead atoms. The predicted octanol–water partition coefficient (Wildman–Crippen LogP) is 5.91. The third-order valence-electron chi connectivity index (χ3n) is 5.59. The molecule has 0 fully saturated rings. The molecule has 3 aromatic carbocycles. The summed E-state index contributed by atoms with van der Waals surface area (Å²) < 4.78 is 39.3.